The molecule has 0 radical (unpaired) electrons. The third kappa shape index (κ3) is 4.91. The SMILES string of the molecule is CCOC(CBr)O[C@@H]1C(=O)C=C(C)[C@@H]2C[C@H]3OC(=O)C(OC(=O)CC(O)(C(C)C)C(C)C)C4[C@@H](C)[C@@H](O)C5(O)OC[C@@]43C5[C@@]12C. The Bertz CT molecular complexity index is 1230. The second-order valence-electron chi connectivity index (χ2n) is 14.7. The number of carbonyl (C=O) groups is 3. The number of allylic oxidation sites excluding steroid dienone is 1. The van der Waals surface area contributed by atoms with Gasteiger partial charge in [-0.2, -0.15) is 0 Å². The molecule has 45 heavy (non-hydrogen) atoms. The van der Waals surface area contributed by atoms with Gasteiger partial charge >= 0.3 is 11.9 Å². The highest BCUT2D eigenvalue weighted by Crippen LogP contribution is 2.74. The molecular weight excluding hydrogens is 652 g/mol. The molecular formula is C33H49BrO11. The van der Waals surface area contributed by atoms with Gasteiger partial charge in [0.05, 0.1) is 24.0 Å². The van der Waals surface area contributed by atoms with Crippen molar-refractivity contribution in [3.05, 3.63) is 11.6 Å². The van der Waals surface area contributed by atoms with Crippen LogP contribution in [0.1, 0.15) is 68.2 Å². The van der Waals surface area contributed by atoms with Gasteiger partial charge < -0.3 is 39.0 Å². The van der Waals surface area contributed by atoms with Gasteiger partial charge in [0, 0.05) is 29.3 Å². The number of aliphatic hydroxyl groups is 3. The van der Waals surface area contributed by atoms with E-state index in [0.29, 0.717) is 18.4 Å². The number of fused-ring (bicyclic) bond motifs is 1. The highest BCUT2D eigenvalue weighted by molar-refractivity contribution is 9.09. The number of rotatable bonds is 10. The van der Waals surface area contributed by atoms with Crippen LogP contribution in [0.3, 0.4) is 0 Å². The minimum atomic E-state index is -2.11. The van der Waals surface area contributed by atoms with Crippen molar-refractivity contribution < 1.29 is 53.4 Å². The molecule has 2 saturated carbocycles. The number of hydrogen-bond acceptors (Lipinski definition) is 11. The van der Waals surface area contributed by atoms with Gasteiger partial charge in [-0.05, 0) is 50.0 Å². The lowest BCUT2D eigenvalue weighted by molar-refractivity contribution is -0.345. The molecule has 12 heteroatoms. The van der Waals surface area contributed by atoms with Crippen molar-refractivity contribution in [2.24, 2.45) is 46.3 Å². The predicted octanol–water partition coefficient (Wildman–Crippen LogP) is 2.90. The van der Waals surface area contributed by atoms with Crippen molar-refractivity contribution in [2.45, 2.75) is 110 Å². The third-order valence-electron chi connectivity index (χ3n) is 12.0. The van der Waals surface area contributed by atoms with Gasteiger partial charge in [0.2, 0.25) is 6.10 Å². The van der Waals surface area contributed by atoms with Gasteiger partial charge in [0.15, 0.2) is 17.9 Å². The molecule has 2 bridgehead atoms. The zero-order chi connectivity index (χ0) is 33.4. The molecule has 1 spiro atoms. The standard InChI is InChI=1S/C33H49BrO11/c1-9-41-23(13-34)45-27-20(35)10-17(6)19-11-21-31-14-42-33(40,29(31)30(19,27)8)26(37)18(7)24(31)25(28(38)43-21)44-22(36)12-32(39,15(2)3)16(4)5/h10,15-16,18-19,21,23-27,29,37,39-40H,9,11-14H2,1-8H3/t18-,19+,21-,23?,24?,25?,26-,27-,29?,30-,31+,33?/m1/s1. The van der Waals surface area contributed by atoms with Crippen LogP contribution in [0.25, 0.3) is 0 Å². The highest BCUT2D eigenvalue weighted by atomic mass is 79.9. The summed E-state index contributed by atoms with van der Waals surface area (Å²) in [5.41, 5.74) is -2.88. The molecule has 12 atom stereocenters. The summed E-state index contributed by atoms with van der Waals surface area (Å²) in [6, 6.07) is 0. The number of aliphatic hydroxyl groups excluding tert-OH is 1. The summed E-state index contributed by atoms with van der Waals surface area (Å²) < 4.78 is 30.4. The Labute approximate surface area is 273 Å². The predicted molar refractivity (Wildman–Crippen MR) is 164 cm³/mol. The van der Waals surface area contributed by atoms with Crippen molar-refractivity contribution >= 4 is 33.7 Å². The molecule has 3 N–H and O–H groups in total. The molecule has 0 aromatic rings. The molecule has 2 aliphatic heterocycles. The molecule has 0 amide bonds. The summed E-state index contributed by atoms with van der Waals surface area (Å²) in [5, 5.41) is 35.7. The largest absolute Gasteiger partial charge is 0.459 e. The Kier molecular flexibility index (Phi) is 9.25. The van der Waals surface area contributed by atoms with E-state index in [1.807, 2.05) is 48.5 Å². The molecule has 0 aromatic heterocycles. The topological polar surface area (TPSA) is 158 Å². The van der Waals surface area contributed by atoms with Crippen molar-refractivity contribution in [2.75, 3.05) is 18.5 Å². The van der Waals surface area contributed by atoms with E-state index in [-0.39, 0.29) is 36.6 Å². The number of carbonyl (C=O) groups excluding carboxylic acids is 3. The van der Waals surface area contributed by atoms with Crippen LogP contribution in [-0.2, 0) is 38.1 Å². The fraction of sp³-hybridized carbons (Fsp3) is 0.848. The molecule has 5 aliphatic rings. The molecule has 0 aromatic carbocycles. The van der Waals surface area contributed by atoms with Crippen LogP contribution in [0.2, 0.25) is 0 Å². The number of esters is 2. The van der Waals surface area contributed by atoms with Gasteiger partial charge in [-0.15, -0.1) is 0 Å². The van der Waals surface area contributed by atoms with E-state index < -0.39 is 82.6 Å². The van der Waals surface area contributed by atoms with Crippen LogP contribution >= 0.6 is 15.9 Å². The van der Waals surface area contributed by atoms with Crippen molar-refractivity contribution in [1.82, 2.24) is 0 Å². The maximum Gasteiger partial charge on any atom is 0.348 e. The maximum atomic E-state index is 13.8. The average molecular weight is 702 g/mol. The summed E-state index contributed by atoms with van der Waals surface area (Å²) >= 11 is 3.41. The van der Waals surface area contributed by atoms with Crippen LogP contribution in [-0.4, -0.2) is 93.7 Å². The number of ether oxygens (including phenoxy) is 5. The van der Waals surface area contributed by atoms with E-state index in [2.05, 4.69) is 15.9 Å². The Morgan fingerprint density at radius 2 is 1.87 bits per heavy atom. The Morgan fingerprint density at radius 1 is 1.22 bits per heavy atom. The lowest BCUT2D eigenvalue weighted by Gasteiger charge is -2.68. The molecule has 4 fully saturated rings. The molecule has 5 rings (SSSR count). The van der Waals surface area contributed by atoms with Crippen molar-refractivity contribution in [3.8, 4) is 0 Å². The Hall–Kier alpha value is -1.41. The third-order valence-corrected chi connectivity index (χ3v) is 12.6. The van der Waals surface area contributed by atoms with Crippen molar-refractivity contribution in [1.29, 1.82) is 0 Å². The Balaban J connectivity index is 1.61. The number of hydrogen-bond donors (Lipinski definition) is 3. The summed E-state index contributed by atoms with van der Waals surface area (Å²) in [7, 11) is 0. The monoisotopic (exact) mass is 700 g/mol. The molecule has 3 aliphatic carbocycles. The quantitative estimate of drug-likeness (QED) is 0.175. The van der Waals surface area contributed by atoms with Crippen LogP contribution < -0.4 is 0 Å². The van der Waals surface area contributed by atoms with Crippen LogP contribution in [0.15, 0.2) is 11.6 Å². The van der Waals surface area contributed by atoms with Gasteiger partial charge in [-0.3, -0.25) is 9.59 Å². The van der Waals surface area contributed by atoms with E-state index in [1.165, 1.54) is 6.08 Å². The van der Waals surface area contributed by atoms with Crippen molar-refractivity contribution in [3.63, 3.8) is 0 Å². The van der Waals surface area contributed by atoms with Crippen LogP contribution in [0, 0.1) is 46.3 Å². The number of halogens is 1. The second-order valence-corrected chi connectivity index (χ2v) is 15.4. The fourth-order valence-corrected chi connectivity index (χ4v) is 10.2. The van der Waals surface area contributed by atoms with Gasteiger partial charge in [-0.25, -0.2) is 4.79 Å². The number of ketones is 1. The first-order valence-corrected chi connectivity index (χ1v) is 17.3. The molecule has 11 nitrogen and oxygen atoms in total. The maximum absolute atomic E-state index is 13.8. The first kappa shape index (κ1) is 34.9. The lowest BCUT2D eigenvalue weighted by Crippen LogP contribution is -2.78. The highest BCUT2D eigenvalue weighted by Gasteiger charge is 2.83. The average Bonchev–Trinajstić information content (AvgIpc) is 3.25. The summed E-state index contributed by atoms with van der Waals surface area (Å²) in [6.45, 7) is 14.8. The van der Waals surface area contributed by atoms with Gasteiger partial charge in [-0.1, -0.05) is 63.0 Å². The normalized spacial score (nSPS) is 43.0. The Morgan fingerprint density at radius 3 is 2.44 bits per heavy atom. The number of alkyl halides is 1. The summed E-state index contributed by atoms with van der Waals surface area (Å²) in [5.74, 6) is -7.35. The summed E-state index contributed by atoms with van der Waals surface area (Å²) in [6.07, 6.45) is -3.99. The van der Waals surface area contributed by atoms with Crippen LogP contribution in [0.5, 0.6) is 0 Å². The zero-order valence-electron chi connectivity index (χ0n) is 27.4. The van der Waals surface area contributed by atoms with Crippen LogP contribution in [0.4, 0.5) is 0 Å². The van der Waals surface area contributed by atoms with E-state index in [0.717, 1.165) is 5.57 Å². The lowest BCUT2D eigenvalue weighted by atomic mass is 9.38. The molecule has 2 heterocycles. The smallest absolute Gasteiger partial charge is 0.348 e. The fourth-order valence-electron chi connectivity index (χ4n) is 9.88. The molecule has 5 unspecified atom stereocenters. The van der Waals surface area contributed by atoms with E-state index in [4.69, 9.17) is 23.7 Å². The first-order valence-electron chi connectivity index (χ1n) is 16.2. The second kappa shape index (κ2) is 11.9. The van der Waals surface area contributed by atoms with E-state index in [1.54, 1.807) is 6.92 Å². The minimum absolute atomic E-state index is 0.0898. The summed E-state index contributed by atoms with van der Waals surface area (Å²) in [4.78, 5) is 41.0. The molecule has 2 saturated heterocycles. The van der Waals surface area contributed by atoms with E-state index in [9.17, 15) is 29.7 Å². The first-order chi connectivity index (χ1) is 20.9. The molecule has 254 valence electrons. The van der Waals surface area contributed by atoms with Gasteiger partial charge in [0.25, 0.3) is 0 Å². The van der Waals surface area contributed by atoms with E-state index >= 15 is 0 Å². The minimum Gasteiger partial charge on any atom is -0.459 e. The zero-order valence-corrected chi connectivity index (χ0v) is 29.0. The van der Waals surface area contributed by atoms with Gasteiger partial charge in [0.1, 0.15) is 18.3 Å².